The molecule has 1 fully saturated rings. The van der Waals surface area contributed by atoms with Gasteiger partial charge < -0.3 is 14.5 Å². The molecule has 2 aromatic rings. The smallest absolute Gasteiger partial charge is 0.314 e. The first-order valence-corrected chi connectivity index (χ1v) is 10.1. The highest BCUT2D eigenvalue weighted by atomic mass is 16.5. The number of hydrogen-bond acceptors (Lipinski definition) is 6. The van der Waals surface area contributed by atoms with Crippen LogP contribution in [0.5, 0.6) is 0 Å². The molecule has 7 nitrogen and oxygen atoms in total. The largest absolute Gasteiger partial charge is 0.455 e. The molecule has 0 aliphatic carbocycles. The van der Waals surface area contributed by atoms with Crippen molar-refractivity contribution in [3.63, 3.8) is 0 Å². The van der Waals surface area contributed by atoms with Gasteiger partial charge in [-0.3, -0.25) is 9.59 Å². The van der Waals surface area contributed by atoms with E-state index >= 15 is 0 Å². The van der Waals surface area contributed by atoms with E-state index in [9.17, 15) is 9.59 Å². The summed E-state index contributed by atoms with van der Waals surface area (Å²) in [5.41, 5.74) is 0.927. The number of esters is 1. The summed E-state index contributed by atoms with van der Waals surface area (Å²) in [6, 6.07) is 11.4. The zero-order valence-corrected chi connectivity index (χ0v) is 17.0. The fourth-order valence-electron chi connectivity index (χ4n) is 3.52. The second-order valence-corrected chi connectivity index (χ2v) is 7.30. The van der Waals surface area contributed by atoms with E-state index in [1.165, 1.54) is 0 Å². The number of amides is 1. The number of carbonyl (C=O) groups is 2. The SMILES string of the molecule is CCC(C)C(C(=O)OCC(=O)N1CCN(c2ncccn2)CC1)c1ccccc1. The van der Waals surface area contributed by atoms with Crippen molar-refractivity contribution in [2.24, 2.45) is 5.92 Å². The molecule has 2 heterocycles. The molecule has 1 aromatic heterocycles. The second-order valence-electron chi connectivity index (χ2n) is 7.30. The minimum atomic E-state index is -0.360. The standard InChI is InChI=1S/C22H28N4O3/c1-3-17(2)20(18-8-5-4-6-9-18)21(28)29-16-19(27)25-12-14-26(15-13-25)22-23-10-7-11-24-22/h4-11,17,20H,3,12-16H2,1-2H3. The van der Waals surface area contributed by atoms with E-state index in [1.54, 1.807) is 23.4 Å². The third-order valence-corrected chi connectivity index (χ3v) is 5.43. The van der Waals surface area contributed by atoms with Gasteiger partial charge >= 0.3 is 5.97 Å². The molecule has 1 aromatic carbocycles. The Hall–Kier alpha value is -2.96. The van der Waals surface area contributed by atoms with Gasteiger partial charge in [0.05, 0.1) is 5.92 Å². The first-order chi connectivity index (χ1) is 14.1. The molecule has 1 aliphatic rings. The van der Waals surface area contributed by atoms with Crippen LogP contribution < -0.4 is 4.90 Å². The lowest BCUT2D eigenvalue weighted by atomic mass is 9.86. The van der Waals surface area contributed by atoms with Crippen LogP contribution in [0.4, 0.5) is 5.95 Å². The molecule has 0 bridgehead atoms. The van der Waals surface area contributed by atoms with Crippen molar-refractivity contribution in [2.75, 3.05) is 37.7 Å². The van der Waals surface area contributed by atoms with Gasteiger partial charge in [-0.15, -0.1) is 0 Å². The highest BCUT2D eigenvalue weighted by Crippen LogP contribution is 2.28. The molecule has 29 heavy (non-hydrogen) atoms. The fourth-order valence-corrected chi connectivity index (χ4v) is 3.52. The van der Waals surface area contributed by atoms with Crippen molar-refractivity contribution in [1.29, 1.82) is 0 Å². The summed E-state index contributed by atoms with van der Waals surface area (Å²) in [5.74, 6) is -0.0565. The van der Waals surface area contributed by atoms with Gasteiger partial charge in [-0.05, 0) is 17.5 Å². The summed E-state index contributed by atoms with van der Waals surface area (Å²) in [4.78, 5) is 37.6. The van der Waals surface area contributed by atoms with Crippen molar-refractivity contribution in [3.8, 4) is 0 Å². The molecule has 1 amide bonds. The van der Waals surface area contributed by atoms with E-state index in [-0.39, 0.29) is 30.3 Å². The van der Waals surface area contributed by atoms with Crippen molar-refractivity contribution in [2.45, 2.75) is 26.2 Å². The highest BCUT2D eigenvalue weighted by Gasteiger charge is 2.29. The van der Waals surface area contributed by atoms with Crippen LogP contribution >= 0.6 is 0 Å². The lowest BCUT2D eigenvalue weighted by Gasteiger charge is -2.34. The summed E-state index contributed by atoms with van der Waals surface area (Å²) in [6.07, 6.45) is 4.27. The maximum Gasteiger partial charge on any atom is 0.314 e. The van der Waals surface area contributed by atoms with Crippen LogP contribution in [0.2, 0.25) is 0 Å². The Morgan fingerprint density at radius 3 is 2.31 bits per heavy atom. The lowest BCUT2D eigenvalue weighted by Crippen LogP contribution is -2.50. The molecule has 0 radical (unpaired) electrons. The minimum Gasteiger partial charge on any atom is -0.455 e. The fraction of sp³-hybridized carbons (Fsp3) is 0.455. The number of piperazine rings is 1. The first kappa shape index (κ1) is 20.8. The third kappa shape index (κ3) is 5.31. The molecular weight excluding hydrogens is 368 g/mol. The molecule has 1 saturated heterocycles. The molecular formula is C22H28N4O3. The van der Waals surface area contributed by atoms with Gasteiger partial charge in [-0.25, -0.2) is 9.97 Å². The van der Waals surface area contributed by atoms with Crippen LogP contribution in [0.3, 0.4) is 0 Å². The highest BCUT2D eigenvalue weighted by molar-refractivity contribution is 5.83. The Bertz CT molecular complexity index is 792. The van der Waals surface area contributed by atoms with Gasteiger partial charge in [-0.2, -0.15) is 0 Å². The third-order valence-electron chi connectivity index (χ3n) is 5.43. The Morgan fingerprint density at radius 2 is 1.69 bits per heavy atom. The minimum absolute atomic E-state index is 0.134. The van der Waals surface area contributed by atoms with Gasteiger partial charge in [0, 0.05) is 38.6 Å². The number of ether oxygens (including phenoxy) is 1. The maximum absolute atomic E-state index is 12.8. The van der Waals surface area contributed by atoms with Crippen LogP contribution in [0.25, 0.3) is 0 Å². The van der Waals surface area contributed by atoms with Gasteiger partial charge in [0.1, 0.15) is 0 Å². The monoisotopic (exact) mass is 396 g/mol. The zero-order valence-electron chi connectivity index (χ0n) is 17.0. The van der Waals surface area contributed by atoms with Crippen LogP contribution in [0, 0.1) is 5.92 Å². The Labute approximate surface area is 171 Å². The molecule has 0 saturated carbocycles. The number of aromatic nitrogens is 2. The normalized spacial score (nSPS) is 16.2. The van der Waals surface area contributed by atoms with Crippen LogP contribution in [0.15, 0.2) is 48.8 Å². The van der Waals surface area contributed by atoms with Crippen LogP contribution in [0.1, 0.15) is 31.7 Å². The van der Waals surface area contributed by atoms with E-state index in [1.807, 2.05) is 42.2 Å². The zero-order chi connectivity index (χ0) is 20.6. The average Bonchev–Trinajstić information content (AvgIpc) is 2.79. The molecule has 7 heteroatoms. The average molecular weight is 396 g/mol. The predicted octanol–water partition coefficient (Wildman–Crippen LogP) is 2.50. The number of hydrogen-bond donors (Lipinski definition) is 0. The van der Waals surface area contributed by atoms with Crippen LogP contribution in [-0.2, 0) is 14.3 Å². The summed E-state index contributed by atoms with van der Waals surface area (Å²) in [7, 11) is 0. The number of benzene rings is 1. The van der Waals surface area contributed by atoms with E-state index in [0.717, 1.165) is 12.0 Å². The molecule has 2 atom stereocenters. The summed E-state index contributed by atoms with van der Waals surface area (Å²) in [6.45, 7) is 6.29. The van der Waals surface area contributed by atoms with Gasteiger partial charge in [0.25, 0.3) is 5.91 Å². The molecule has 0 spiro atoms. The number of anilines is 1. The van der Waals surface area contributed by atoms with Crippen molar-refractivity contribution < 1.29 is 14.3 Å². The van der Waals surface area contributed by atoms with E-state index in [4.69, 9.17) is 4.74 Å². The number of nitrogens with zero attached hydrogens (tertiary/aromatic N) is 4. The van der Waals surface area contributed by atoms with Crippen molar-refractivity contribution >= 4 is 17.8 Å². The number of rotatable bonds is 7. The second kappa shape index (κ2) is 10.0. The lowest BCUT2D eigenvalue weighted by molar-refractivity contribution is -0.154. The van der Waals surface area contributed by atoms with E-state index in [0.29, 0.717) is 32.1 Å². The molecule has 1 aliphatic heterocycles. The summed E-state index contributed by atoms with van der Waals surface area (Å²) in [5, 5.41) is 0. The quantitative estimate of drug-likeness (QED) is 0.670. The van der Waals surface area contributed by atoms with Crippen LogP contribution in [-0.4, -0.2) is 59.5 Å². The first-order valence-electron chi connectivity index (χ1n) is 10.1. The molecule has 2 unspecified atom stereocenters. The topological polar surface area (TPSA) is 75.6 Å². The molecule has 0 N–H and O–H groups in total. The van der Waals surface area contributed by atoms with E-state index < -0.39 is 0 Å². The van der Waals surface area contributed by atoms with Gasteiger partial charge in [-0.1, -0.05) is 50.6 Å². The van der Waals surface area contributed by atoms with Gasteiger partial charge in [0.15, 0.2) is 6.61 Å². The Kier molecular flexibility index (Phi) is 7.16. The number of carbonyl (C=O) groups excluding carboxylic acids is 2. The summed E-state index contributed by atoms with van der Waals surface area (Å²) < 4.78 is 5.44. The van der Waals surface area contributed by atoms with Gasteiger partial charge in [0.2, 0.25) is 5.95 Å². The van der Waals surface area contributed by atoms with Crippen molar-refractivity contribution in [1.82, 2.24) is 14.9 Å². The summed E-state index contributed by atoms with van der Waals surface area (Å²) >= 11 is 0. The Balaban J connectivity index is 1.52. The maximum atomic E-state index is 12.8. The van der Waals surface area contributed by atoms with Crippen molar-refractivity contribution in [3.05, 3.63) is 54.4 Å². The molecule has 3 rings (SSSR count). The predicted molar refractivity (Wildman–Crippen MR) is 110 cm³/mol. The Morgan fingerprint density at radius 1 is 1.03 bits per heavy atom. The molecule has 154 valence electrons. The van der Waals surface area contributed by atoms with E-state index in [2.05, 4.69) is 16.9 Å².